The second kappa shape index (κ2) is 5.27. The summed E-state index contributed by atoms with van der Waals surface area (Å²) in [4.78, 5) is 0. The maximum atomic E-state index is 5.79. The molecule has 2 fully saturated rings. The molecule has 2 aliphatic carbocycles. The maximum absolute atomic E-state index is 5.79. The van der Waals surface area contributed by atoms with Crippen LogP contribution in [0.3, 0.4) is 0 Å². The van der Waals surface area contributed by atoms with Crippen LogP contribution < -0.4 is 5.32 Å². The summed E-state index contributed by atoms with van der Waals surface area (Å²) < 4.78 is 5.79. The minimum atomic E-state index is 0.320. The van der Waals surface area contributed by atoms with Gasteiger partial charge >= 0.3 is 0 Å². The van der Waals surface area contributed by atoms with Crippen molar-refractivity contribution in [3.8, 4) is 0 Å². The largest absolute Gasteiger partial charge is 0.378 e. The molecular weight excluding hydrogens is 210 g/mol. The van der Waals surface area contributed by atoms with Crippen molar-refractivity contribution in [2.75, 3.05) is 6.61 Å². The van der Waals surface area contributed by atoms with E-state index in [0.717, 1.165) is 18.6 Å². The van der Waals surface area contributed by atoms with Crippen molar-refractivity contribution in [2.24, 2.45) is 11.3 Å². The Hall–Kier alpha value is -0.0800. The van der Waals surface area contributed by atoms with E-state index in [-0.39, 0.29) is 0 Å². The minimum Gasteiger partial charge on any atom is -0.378 e. The normalized spacial score (nSPS) is 40.2. The Balaban J connectivity index is 1.78. The van der Waals surface area contributed by atoms with Gasteiger partial charge in [-0.3, -0.25) is 0 Å². The van der Waals surface area contributed by atoms with Crippen LogP contribution in [0.4, 0.5) is 0 Å². The van der Waals surface area contributed by atoms with Crippen LogP contribution in [0.15, 0.2) is 0 Å². The Morgan fingerprint density at radius 1 is 1.18 bits per heavy atom. The van der Waals surface area contributed by atoms with Crippen molar-refractivity contribution in [2.45, 2.75) is 78.0 Å². The van der Waals surface area contributed by atoms with Crippen LogP contribution in [-0.2, 0) is 4.74 Å². The smallest absolute Gasteiger partial charge is 0.0655 e. The van der Waals surface area contributed by atoms with E-state index in [4.69, 9.17) is 4.74 Å². The molecule has 0 aromatic heterocycles. The van der Waals surface area contributed by atoms with Gasteiger partial charge in [0.2, 0.25) is 0 Å². The predicted molar refractivity (Wildman–Crippen MR) is 72.2 cm³/mol. The molecule has 2 nitrogen and oxygen atoms in total. The monoisotopic (exact) mass is 239 g/mol. The zero-order valence-corrected chi connectivity index (χ0v) is 12.0. The highest BCUT2D eigenvalue weighted by Gasteiger charge is 2.49. The highest BCUT2D eigenvalue weighted by atomic mass is 16.5. The Morgan fingerprint density at radius 3 is 2.47 bits per heavy atom. The lowest BCUT2D eigenvalue weighted by atomic mass is 9.64. The van der Waals surface area contributed by atoms with Gasteiger partial charge < -0.3 is 10.1 Å². The van der Waals surface area contributed by atoms with E-state index in [9.17, 15) is 0 Å². The van der Waals surface area contributed by atoms with Crippen LogP contribution in [-0.4, -0.2) is 24.8 Å². The van der Waals surface area contributed by atoms with E-state index < -0.39 is 0 Å². The Kier molecular flexibility index (Phi) is 4.14. The third-order valence-corrected chi connectivity index (χ3v) is 5.10. The quantitative estimate of drug-likeness (QED) is 0.794. The molecule has 0 amide bonds. The molecule has 4 unspecified atom stereocenters. The number of hydrogen-bond acceptors (Lipinski definition) is 2. The van der Waals surface area contributed by atoms with E-state index in [2.05, 4.69) is 33.0 Å². The van der Waals surface area contributed by atoms with Gasteiger partial charge in [-0.05, 0) is 38.5 Å². The molecular formula is C15H29NO. The average molecular weight is 239 g/mol. The molecule has 1 N–H and O–H groups in total. The van der Waals surface area contributed by atoms with Gasteiger partial charge in [-0.1, -0.05) is 27.2 Å². The summed E-state index contributed by atoms with van der Waals surface area (Å²) in [5.74, 6) is 0.971. The molecule has 0 aromatic carbocycles. The van der Waals surface area contributed by atoms with Crippen molar-refractivity contribution in [1.29, 1.82) is 0 Å². The summed E-state index contributed by atoms with van der Waals surface area (Å²) in [7, 11) is 0. The summed E-state index contributed by atoms with van der Waals surface area (Å²) in [5.41, 5.74) is 0.320. The summed E-state index contributed by atoms with van der Waals surface area (Å²) >= 11 is 0. The summed E-state index contributed by atoms with van der Waals surface area (Å²) in [5, 5.41) is 3.88. The second-order valence-corrected chi connectivity index (χ2v) is 6.50. The molecule has 0 radical (unpaired) electrons. The van der Waals surface area contributed by atoms with Crippen molar-refractivity contribution in [1.82, 2.24) is 5.32 Å². The van der Waals surface area contributed by atoms with Gasteiger partial charge in [0.15, 0.2) is 0 Å². The second-order valence-electron chi connectivity index (χ2n) is 6.50. The molecule has 0 bridgehead atoms. The van der Waals surface area contributed by atoms with Gasteiger partial charge in [0.1, 0.15) is 0 Å². The number of nitrogens with one attached hydrogen (secondary N) is 1. The zero-order chi connectivity index (χ0) is 12.5. The fourth-order valence-electron chi connectivity index (χ4n) is 3.53. The van der Waals surface area contributed by atoms with Crippen LogP contribution in [0.5, 0.6) is 0 Å². The molecule has 2 rings (SSSR count). The van der Waals surface area contributed by atoms with Crippen LogP contribution in [0, 0.1) is 11.3 Å². The fourth-order valence-corrected chi connectivity index (χ4v) is 3.53. The molecule has 2 saturated carbocycles. The van der Waals surface area contributed by atoms with Crippen LogP contribution in [0.2, 0.25) is 0 Å². The topological polar surface area (TPSA) is 21.3 Å². The molecule has 100 valence electrons. The summed E-state index contributed by atoms with van der Waals surface area (Å²) in [6, 6.07) is 1.44. The SMILES string of the molecule is CCOC1CC(NC2CCC(CC)C2)C1(C)C. The summed E-state index contributed by atoms with van der Waals surface area (Å²) in [6.07, 6.45) is 7.22. The molecule has 0 heterocycles. The van der Waals surface area contributed by atoms with E-state index in [1.807, 2.05) is 0 Å². The van der Waals surface area contributed by atoms with Crippen LogP contribution in [0.1, 0.15) is 59.8 Å². The third kappa shape index (κ3) is 2.68. The molecule has 0 aliphatic heterocycles. The van der Waals surface area contributed by atoms with Crippen LogP contribution >= 0.6 is 0 Å². The van der Waals surface area contributed by atoms with Crippen molar-refractivity contribution in [3.05, 3.63) is 0 Å². The lowest BCUT2D eigenvalue weighted by molar-refractivity contribution is -0.116. The summed E-state index contributed by atoms with van der Waals surface area (Å²) in [6.45, 7) is 9.97. The number of hydrogen-bond donors (Lipinski definition) is 1. The highest BCUT2D eigenvalue weighted by Crippen LogP contribution is 2.43. The first-order chi connectivity index (χ1) is 8.07. The first-order valence-electron chi connectivity index (χ1n) is 7.45. The standard InChI is InChI=1S/C15H29NO/c1-5-11-7-8-12(9-11)16-13-10-14(17-6-2)15(13,3)4/h11-14,16H,5-10H2,1-4H3. The van der Waals surface area contributed by atoms with Crippen LogP contribution in [0.25, 0.3) is 0 Å². The Bertz CT molecular complexity index is 251. The Labute approximate surface area is 107 Å². The van der Waals surface area contributed by atoms with E-state index in [0.29, 0.717) is 17.6 Å². The third-order valence-electron chi connectivity index (χ3n) is 5.10. The number of rotatable bonds is 5. The average Bonchev–Trinajstić information content (AvgIpc) is 2.75. The van der Waals surface area contributed by atoms with Gasteiger partial charge in [0, 0.05) is 24.1 Å². The van der Waals surface area contributed by atoms with E-state index >= 15 is 0 Å². The lowest BCUT2D eigenvalue weighted by Gasteiger charge is -2.52. The van der Waals surface area contributed by atoms with Gasteiger partial charge in [-0.2, -0.15) is 0 Å². The number of ether oxygens (including phenoxy) is 1. The maximum Gasteiger partial charge on any atom is 0.0655 e. The molecule has 2 aliphatic rings. The molecule has 0 spiro atoms. The predicted octanol–water partition coefficient (Wildman–Crippen LogP) is 3.36. The molecule has 2 heteroatoms. The molecule has 0 aromatic rings. The van der Waals surface area contributed by atoms with E-state index in [1.54, 1.807) is 0 Å². The van der Waals surface area contributed by atoms with Crippen molar-refractivity contribution < 1.29 is 4.74 Å². The van der Waals surface area contributed by atoms with E-state index in [1.165, 1.54) is 32.1 Å². The van der Waals surface area contributed by atoms with Gasteiger partial charge in [0.25, 0.3) is 0 Å². The first-order valence-corrected chi connectivity index (χ1v) is 7.45. The molecule has 17 heavy (non-hydrogen) atoms. The molecule has 4 atom stereocenters. The lowest BCUT2D eigenvalue weighted by Crippen LogP contribution is -2.62. The van der Waals surface area contributed by atoms with Gasteiger partial charge in [-0.15, -0.1) is 0 Å². The van der Waals surface area contributed by atoms with Gasteiger partial charge in [-0.25, -0.2) is 0 Å². The highest BCUT2D eigenvalue weighted by molar-refractivity contribution is 5.04. The minimum absolute atomic E-state index is 0.320. The fraction of sp³-hybridized carbons (Fsp3) is 1.00. The van der Waals surface area contributed by atoms with Gasteiger partial charge in [0.05, 0.1) is 6.10 Å². The zero-order valence-electron chi connectivity index (χ0n) is 12.0. The van der Waals surface area contributed by atoms with Crippen molar-refractivity contribution in [3.63, 3.8) is 0 Å². The van der Waals surface area contributed by atoms with Crippen molar-refractivity contribution >= 4 is 0 Å². The first kappa shape index (κ1) is 13.4. The Morgan fingerprint density at radius 2 is 1.94 bits per heavy atom. The molecule has 0 saturated heterocycles.